The van der Waals surface area contributed by atoms with Crippen molar-refractivity contribution >= 4 is 21.8 Å². The van der Waals surface area contributed by atoms with E-state index in [1.165, 1.54) is 38.4 Å². The number of rotatable bonds is 5. The van der Waals surface area contributed by atoms with Gasteiger partial charge in [-0.15, -0.1) is 0 Å². The zero-order valence-electron chi connectivity index (χ0n) is 14.0. The third kappa shape index (κ3) is 4.33. The van der Waals surface area contributed by atoms with Crippen LogP contribution in [0.15, 0.2) is 29.2 Å². The Morgan fingerprint density at radius 1 is 1.08 bits per heavy atom. The molecule has 0 saturated carbocycles. The van der Waals surface area contributed by atoms with Crippen molar-refractivity contribution in [2.45, 2.75) is 24.2 Å². The van der Waals surface area contributed by atoms with Crippen LogP contribution in [0.25, 0.3) is 0 Å². The monoisotopic (exact) mass is 353 g/mol. The smallest absolute Gasteiger partial charge is 0.251 e. The molecule has 2 amide bonds. The molecule has 0 radical (unpaired) electrons. The lowest BCUT2D eigenvalue weighted by molar-refractivity contribution is -0.130. The highest BCUT2D eigenvalue weighted by Gasteiger charge is 2.19. The van der Waals surface area contributed by atoms with E-state index in [0.717, 1.165) is 36.7 Å². The van der Waals surface area contributed by atoms with E-state index in [0.29, 0.717) is 5.56 Å². The first-order chi connectivity index (χ1) is 11.3. The minimum atomic E-state index is -3.52. The fourth-order valence-electron chi connectivity index (χ4n) is 2.50. The maximum absolute atomic E-state index is 12.1. The summed E-state index contributed by atoms with van der Waals surface area (Å²) in [6.07, 6.45) is 3.14. The van der Waals surface area contributed by atoms with Gasteiger partial charge in [-0.05, 0) is 43.5 Å². The molecule has 1 aliphatic heterocycles. The molecule has 0 spiro atoms. The minimum Gasteiger partial charge on any atom is -0.343 e. The Bertz CT molecular complexity index is 693. The van der Waals surface area contributed by atoms with Crippen molar-refractivity contribution in [3.63, 3.8) is 0 Å². The Labute approximate surface area is 142 Å². The largest absolute Gasteiger partial charge is 0.343 e. The summed E-state index contributed by atoms with van der Waals surface area (Å²) in [4.78, 5) is 26.0. The van der Waals surface area contributed by atoms with Crippen LogP contribution in [0.3, 0.4) is 0 Å². The van der Waals surface area contributed by atoms with Crippen LogP contribution in [0.4, 0.5) is 0 Å². The van der Waals surface area contributed by atoms with Gasteiger partial charge in [0.15, 0.2) is 0 Å². The average Bonchev–Trinajstić information content (AvgIpc) is 2.60. The van der Waals surface area contributed by atoms with Crippen LogP contribution in [0.2, 0.25) is 0 Å². The number of hydrogen-bond acceptors (Lipinski definition) is 4. The fraction of sp³-hybridized carbons (Fsp3) is 0.500. The first-order valence-corrected chi connectivity index (χ1v) is 9.35. The number of hydrogen-bond donors (Lipinski definition) is 1. The van der Waals surface area contributed by atoms with E-state index in [-0.39, 0.29) is 17.3 Å². The summed E-state index contributed by atoms with van der Waals surface area (Å²) in [6, 6.07) is 5.65. The maximum atomic E-state index is 12.1. The maximum Gasteiger partial charge on any atom is 0.251 e. The summed E-state index contributed by atoms with van der Waals surface area (Å²) in [5, 5.41) is 2.59. The predicted octanol–water partition coefficient (Wildman–Crippen LogP) is 0.679. The zero-order valence-corrected chi connectivity index (χ0v) is 14.8. The normalized spacial score (nSPS) is 15.4. The number of nitrogens with zero attached hydrogens (tertiary/aromatic N) is 2. The highest BCUT2D eigenvalue weighted by Crippen LogP contribution is 2.14. The Balaban J connectivity index is 1.94. The van der Waals surface area contributed by atoms with E-state index >= 15 is 0 Å². The standard InChI is InChI=1S/C16H23N3O4S/c1-18(2)24(22,23)14-8-6-13(7-9-14)16(21)17-12-15(20)19-10-4-3-5-11-19/h6-9H,3-5,10-12H2,1-2H3,(H,17,21). The lowest BCUT2D eigenvalue weighted by Crippen LogP contribution is -2.42. The van der Waals surface area contributed by atoms with Crippen LogP contribution in [-0.2, 0) is 14.8 Å². The van der Waals surface area contributed by atoms with Gasteiger partial charge in [-0.25, -0.2) is 12.7 Å². The molecule has 1 fully saturated rings. The lowest BCUT2D eigenvalue weighted by atomic mass is 10.1. The summed E-state index contributed by atoms with van der Waals surface area (Å²) in [7, 11) is -0.626. The average molecular weight is 353 g/mol. The van der Waals surface area contributed by atoms with Crippen molar-refractivity contribution in [1.82, 2.24) is 14.5 Å². The first-order valence-electron chi connectivity index (χ1n) is 7.91. The molecule has 0 aromatic heterocycles. The van der Waals surface area contributed by atoms with Gasteiger partial charge in [0.05, 0.1) is 11.4 Å². The van der Waals surface area contributed by atoms with Crippen molar-refractivity contribution in [3.05, 3.63) is 29.8 Å². The van der Waals surface area contributed by atoms with Crippen LogP contribution in [-0.4, -0.2) is 63.2 Å². The number of piperidine rings is 1. The van der Waals surface area contributed by atoms with Crippen LogP contribution in [0.1, 0.15) is 29.6 Å². The van der Waals surface area contributed by atoms with E-state index in [2.05, 4.69) is 5.32 Å². The van der Waals surface area contributed by atoms with Crippen molar-refractivity contribution in [2.24, 2.45) is 0 Å². The number of nitrogens with one attached hydrogen (secondary N) is 1. The number of benzene rings is 1. The van der Waals surface area contributed by atoms with Gasteiger partial charge < -0.3 is 10.2 Å². The molecular formula is C16H23N3O4S. The van der Waals surface area contributed by atoms with Gasteiger partial charge in [-0.3, -0.25) is 9.59 Å². The van der Waals surface area contributed by atoms with Crippen molar-refractivity contribution in [1.29, 1.82) is 0 Å². The Hall–Kier alpha value is -1.93. The number of sulfonamides is 1. The van der Waals surface area contributed by atoms with Gasteiger partial charge in [-0.2, -0.15) is 0 Å². The molecule has 0 atom stereocenters. The lowest BCUT2D eigenvalue weighted by Gasteiger charge is -2.26. The van der Waals surface area contributed by atoms with Crippen molar-refractivity contribution in [3.8, 4) is 0 Å². The number of likely N-dealkylation sites (tertiary alicyclic amines) is 1. The van der Waals surface area contributed by atoms with Crippen LogP contribution in [0, 0.1) is 0 Å². The number of carbonyl (C=O) groups is 2. The molecule has 7 nitrogen and oxygen atoms in total. The summed E-state index contributed by atoms with van der Waals surface area (Å²) < 4.78 is 25.1. The summed E-state index contributed by atoms with van der Waals surface area (Å²) in [5.41, 5.74) is 0.319. The van der Waals surface area contributed by atoms with E-state index < -0.39 is 15.9 Å². The highest BCUT2D eigenvalue weighted by molar-refractivity contribution is 7.89. The van der Waals surface area contributed by atoms with E-state index in [1.807, 2.05) is 0 Å². The minimum absolute atomic E-state index is 0.0451. The molecule has 2 rings (SSSR count). The quantitative estimate of drug-likeness (QED) is 0.843. The van der Waals surface area contributed by atoms with Crippen molar-refractivity contribution < 1.29 is 18.0 Å². The third-order valence-corrected chi connectivity index (χ3v) is 5.83. The Morgan fingerprint density at radius 3 is 2.21 bits per heavy atom. The Morgan fingerprint density at radius 2 is 1.67 bits per heavy atom. The molecule has 1 saturated heterocycles. The molecule has 1 aromatic carbocycles. The van der Waals surface area contributed by atoms with E-state index in [1.54, 1.807) is 4.90 Å². The molecule has 0 aliphatic carbocycles. The summed E-state index contributed by atoms with van der Waals surface area (Å²) >= 11 is 0. The molecular weight excluding hydrogens is 330 g/mol. The van der Waals surface area contributed by atoms with Gasteiger partial charge in [-0.1, -0.05) is 0 Å². The van der Waals surface area contributed by atoms with Crippen LogP contribution in [0.5, 0.6) is 0 Å². The second-order valence-corrected chi connectivity index (χ2v) is 8.09. The zero-order chi connectivity index (χ0) is 17.7. The second kappa shape index (κ2) is 7.76. The molecule has 24 heavy (non-hydrogen) atoms. The first kappa shape index (κ1) is 18.4. The van der Waals surface area contributed by atoms with Gasteiger partial charge in [0, 0.05) is 32.7 Å². The molecule has 0 unspecified atom stereocenters. The third-order valence-electron chi connectivity index (χ3n) is 4.00. The predicted molar refractivity (Wildman–Crippen MR) is 90.1 cm³/mol. The molecule has 8 heteroatoms. The summed E-state index contributed by atoms with van der Waals surface area (Å²) in [6.45, 7) is 1.44. The molecule has 132 valence electrons. The highest BCUT2D eigenvalue weighted by atomic mass is 32.2. The van der Waals surface area contributed by atoms with Gasteiger partial charge >= 0.3 is 0 Å². The van der Waals surface area contributed by atoms with Crippen LogP contribution < -0.4 is 5.32 Å². The van der Waals surface area contributed by atoms with Gasteiger partial charge in [0.25, 0.3) is 5.91 Å². The van der Waals surface area contributed by atoms with E-state index in [9.17, 15) is 18.0 Å². The van der Waals surface area contributed by atoms with Crippen LogP contribution >= 0.6 is 0 Å². The SMILES string of the molecule is CN(C)S(=O)(=O)c1ccc(C(=O)NCC(=O)N2CCCCC2)cc1. The molecule has 1 heterocycles. The summed E-state index contributed by atoms with van der Waals surface area (Å²) in [5.74, 6) is -0.482. The number of carbonyl (C=O) groups excluding carboxylic acids is 2. The topological polar surface area (TPSA) is 86.8 Å². The second-order valence-electron chi connectivity index (χ2n) is 5.94. The fourth-order valence-corrected chi connectivity index (χ4v) is 3.40. The Kier molecular flexibility index (Phi) is 5.95. The van der Waals surface area contributed by atoms with Gasteiger partial charge in [0.1, 0.15) is 0 Å². The molecule has 1 N–H and O–H groups in total. The molecule has 1 aliphatic rings. The van der Waals surface area contributed by atoms with E-state index in [4.69, 9.17) is 0 Å². The molecule has 0 bridgehead atoms. The molecule has 1 aromatic rings. The number of amides is 2. The van der Waals surface area contributed by atoms with Crippen molar-refractivity contribution in [2.75, 3.05) is 33.7 Å². The van der Waals surface area contributed by atoms with Gasteiger partial charge in [0.2, 0.25) is 15.9 Å².